The predicted octanol–water partition coefficient (Wildman–Crippen LogP) is 6.11. The number of unbranched alkanes of at least 4 members (excludes halogenated alkanes) is 3. The normalized spacial score (nSPS) is 11.2. The molecule has 0 bridgehead atoms. The molecule has 0 fully saturated rings. The van der Waals surface area contributed by atoms with Crippen molar-refractivity contribution in [3.63, 3.8) is 0 Å². The number of ether oxygens (including phenoxy) is 2. The fourth-order valence-electron chi connectivity index (χ4n) is 2.62. The average Bonchev–Trinajstić information content (AvgIpc) is 2.51. The highest BCUT2D eigenvalue weighted by Crippen LogP contribution is 2.34. The first-order chi connectivity index (χ1) is 11.1. The molecule has 2 nitrogen and oxygen atoms in total. The standard InChI is InChI=1S/C20H27ClO2/c1-15(2)23-20-11-10-19(22-13-7-5-4-6-12-21)18-14-16(3)8-9-17(18)20/h8-11,14-15H,4-7,12-13H2,1-3H3. The third-order valence-corrected chi connectivity index (χ3v) is 4.01. The molecule has 0 atom stereocenters. The van der Waals surface area contributed by atoms with E-state index < -0.39 is 0 Å². The van der Waals surface area contributed by atoms with Gasteiger partial charge in [0, 0.05) is 16.7 Å². The number of hydrogen-bond donors (Lipinski definition) is 0. The van der Waals surface area contributed by atoms with Crippen LogP contribution in [0.25, 0.3) is 10.8 Å². The summed E-state index contributed by atoms with van der Waals surface area (Å²) in [4.78, 5) is 0. The fourth-order valence-corrected chi connectivity index (χ4v) is 2.81. The van der Waals surface area contributed by atoms with Gasteiger partial charge in [0.2, 0.25) is 0 Å². The van der Waals surface area contributed by atoms with Gasteiger partial charge in [-0.2, -0.15) is 0 Å². The molecule has 0 amide bonds. The highest BCUT2D eigenvalue weighted by Gasteiger charge is 2.09. The van der Waals surface area contributed by atoms with Gasteiger partial charge in [0.25, 0.3) is 0 Å². The van der Waals surface area contributed by atoms with Crippen molar-refractivity contribution in [1.82, 2.24) is 0 Å². The summed E-state index contributed by atoms with van der Waals surface area (Å²) in [5.41, 5.74) is 1.23. The first-order valence-electron chi connectivity index (χ1n) is 8.50. The smallest absolute Gasteiger partial charge is 0.127 e. The third kappa shape index (κ3) is 5.31. The minimum absolute atomic E-state index is 0.160. The van der Waals surface area contributed by atoms with Crippen LogP contribution < -0.4 is 9.47 Å². The highest BCUT2D eigenvalue weighted by atomic mass is 35.5. The van der Waals surface area contributed by atoms with Crippen molar-refractivity contribution in [2.24, 2.45) is 0 Å². The number of fused-ring (bicyclic) bond motifs is 1. The highest BCUT2D eigenvalue weighted by molar-refractivity contribution is 6.17. The van der Waals surface area contributed by atoms with E-state index in [0.717, 1.165) is 54.0 Å². The Balaban J connectivity index is 2.12. The molecule has 0 aliphatic rings. The lowest BCUT2D eigenvalue weighted by molar-refractivity contribution is 0.245. The van der Waals surface area contributed by atoms with Crippen LogP contribution in [0.5, 0.6) is 11.5 Å². The number of alkyl halides is 1. The zero-order valence-corrected chi connectivity index (χ0v) is 15.2. The van der Waals surface area contributed by atoms with Crippen LogP contribution in [0.3, 0.4) is 0 Å². The molecule has 0 N–H and O–H groups in total. The Morgan fingerprint density at radius 2 is 1.65 bits per heavy atom. The van der Waals surface area contributed by atoms with Gasteiger partial charge in [-0.1, -0.05) is 30.5 Å². The summed E-state index contributed by atoms with van der Waals surface area (Å²) in [7, 11) is 0. The van der Waals surface area contributed by atoms with Gasteiger partial charge in [-0.3, -0.25) is 0 Å². The Labute approximate surface area is 144 Å². The molecule has 0 aromatic heterocycles. The molecule has 0 unspecified atom stereocenters. The van der Waals surface area contributed by atoms with Crippen molar-refractivity contribution in [1.29, 1.82) is 0 Å². The largest absolute Gasteiger partial charge is 0.493 e. The van der Waals surface area contributed by atoms with Crippen molar-refractivity contribution < 1.29 is 9.47 Å². The first kappa shape index (κ1) is 17.9. The number of rotatable bonds is 9. The average molecular weight is 335 g/mol. The molecule has 2 rings (SSSR count). The Morgan fingerprint density at radius 3 is 2.39 bits per heavy atom. The van der Waals surface area contributed by atoms with Gasteiger partial charge in [0.1, 0.15) is 11.5 Å². The summed E-state index contributed by atoms with van der Waals surface area (Å²) in [5, 5.41) is 2.24. The van der Waals surface area contributed by atoms with Gasteiger partial charge >= 0.3 is 0 Å². The van der Waals surface area contributed by atoms with E-state index in [0.29, 0.717) is 0 Å². The quantitative estimate of drug-likeness (QED) is 0.406. The summed E-state index contributed by atoms with van der Waals surface area (Å²) in [6, 6.07) is 10.4. The SMILES string of the molecule is Cc1ccc2c(OC(C)C)ccc(OCCCCCCCl)c2c1. The summed E-state index contributed by atoms with van der Waals surface area (Å²) >= 11 is 5.70. The summed E-state index contributed by atoms with van der Waals surface area (Å²) < 4.78 is 12.0. The lowest BCUT2D eigenvalue weighted by Crippen LogP contribution is -2.06. The Hall–Kier alpha value is -1.41. The Bertz CT molecular complexity index is 622. The van der Waals surface area contributed by atoms with Crippen molar-refractivity contribution in [2.45, 2.75) is 52.6 Å². The number of halogens is 1. The maximum atomic E-state index is 6.03. The van der Waals surface area contributed by atoms with E-state index in [2.05, 4.69) is 25.1 Å². The van der Waals surface area contributed by atoms with Crippen LogP contribution in [0, 0.1) is 6.92 Å². The summed E-state index contributed by atoms with van der Waals surface area (Å²) in [6.45, 7) is 6.94. The van der Waals surface area contributed by atoms with Crippen LogP contribution in [0.15, 0.2) is 30.3 Å². The molecule has 23 heavy (non-hydrogen) atoms. The van der Waals surface area contributed by atoms with Gasteiger partial charge < -0.3 is 9.47 Å². The molecule has 2 aromatic carbocycles. The van der Waals surface area contributed by atoms with Crippen molar-refractivity contribution in [3.8, 4) is 11.5 Å². The minimum Gasteiger partial charge on any atom is -0.493 e. The summed E-state index contributed by atoms with van der Waals surface area (Å²) in [6.07, 6.45) is 4.65. The molecule has 0 radical (unpaired) electrons. The third-order valence-electron chi connectivity index (χ3n) is 3.74. The van der Waals surface area contributed by atoms with Crippen LogP contribution in [-0.2, 0) is 0 Å². The first-order valence-corrected chi connectivity index (χ1v) is 9.04. The number of benzene rings is 2. The number of aryl methyl sites for hydroxylation is 1. The number of hydrogen-bond acceptors (Lipinski definition) is 2. The Morgan fingerprint density at radius 1 is 0.913 bits per heavy atom. The van der Waals surface area contributed by atoms with Crippen LogP contribution in [0.1, 0.15) is 45.1 Å². The zero-order chi connectivity index (χ0) is 16.7. The lowest BCUT2D eigenvalue weighted by Gasteiger charge is -2.16. The van der Waals surface area contributed by atoms with Crippen LogP contribution in [-0.4, -0.2) is 18.6 Å². The second-order valence-electron chi connectivity index (χ2n) is 6.23. The van der Waals surface area contributed by atoms with Gasteiger partial charge in [-0.15, -0.1) is 11.6 Å². The van der Waals surface area contributed by atoms with Crippen molar-refractivity contribution in [3.05, 3.63) is 35.9 Å². The molecular formula is C20H27ClO2. The van der Waals surface area contributed by atoms with Crippen LogP contribution in [0.2, 0.25) is 0 Å². The summed E-state index contributed by atoms with van der Waals surface area (Å²) in [5.74, 6) is 2.61. The molecule has 0 aliphatic heterocycles. The molecule has 3 heteroatoms. The second kappa shape index (κ2) is 9.02. The van der Waals surface area contributed by atoms with Crippen LogP contribution >= 0.6 is 11.6 Å². The van der Waals surface area contributed by atoms with E-state index in [-0.39, 0.29) is 6.10 Å². The van der Waals surface area contributed by atoms with E-state index >= 15 is 0 Å². The van der Waals surface area contributed by atoms with E-state index in [1.54, 1.807) is 0 Å². The molecule has 0 aliphatic carbocycles. The molecule has 126 valence electrons. The van der Waals surface area contributed by atoms with Gasteiger partial charge in [0.05, 0.1) is 12.7 Å². The second-order valence-corrected chi connectivity index (χ2v) is 6.61. The van der Waals surface area contributed by atoms with Gasteiger partial charge in [0.15, 0.2) is 0 Å². The molecule has 0 spiro atoms. The predicted molar refractivity (Wildman–Crippen MR) is 99.1 cm³/mol. The van der Waals surface area contributed by atoms with E-state index in [1.807, 2.05) is 26.0 Å². The van der Waals surface area contributed by atoms with E-state index in [9.17, 15) is 0 Å². The van der Waals surface area contributed by atoms with E-state index in [4.69, 9.17) is 21.1 Å². The molecule has 0 saturated heterocycles. The maximum absolute atomic E-state index is 6.03. The van der Waals surface area contributed by atoms with E-state index in [1.165, 1.54) is 12.0 Å². The zero-order valence-electron chi connectivity index (χ0n) is 14.4. The minimum atomic E-state index is 0.160. The van der Waals surface area contributed by atoms with Gasteiger partial charge in [-0.25, -0.2) is 0 Å². The van der Waals surface area contributed by atoms with Gasteiger partial charge in [-0.05, 0) is 51.8 Å². The molecule has 0 heterocycles. The molecule has 2 aromatic rings. The van der Waals surface area contributed by atoms with Crippen molar-refractivity contribution >= 4 is 22.4 Å². The molecule has 0 saturated carbocycles. The maximum Gasteiger partial charge on any atom is 0.127 e. The fraction of sp³-hybridized carbons (Fsp3) is 0.500. The molecular weight excluding hydrogens is 308 g/mol. The van der Waals surface area contributed by atoms with Crippen molar-refractivity contribution in [2.75, 3.05) is 12.5 Å². The van der Waals surface area contributed by atoms with Crippen LogP contribution in [0.4, 0.5) is 0 Å². The Kier molecular flexibility index (Phi) is 7.04. The lowest BCUT2D eigenvalue weighted by atomic mass is 10.1. The topological polar surface area (TPSA) is 18.5 Å². The monoisotopic (exact) mass is 334 g/mol.